The first-order valence-electron chi connectivity index (χ1n) is 6.90. The van der Waals surface area contributed by atoms with E-state index in [9.17, 15) is 19.1 Å². The molecule has 0 heterocycles. The first-order valence-corrected chi connectivity index (χ1v) is 7.28. The van der Waals surface area contributed by atoms with Crippen LogP contribution in [0.15, 0.2) is 42.5 Å². The number of hydrogen-bond acceptors (Lipinski definition) is 3. The van der Waals surface area contributed by atoms with Crippen LogP contribution in [0.25, 0.3) is 0 Å². The van der Waals surface area contributed by atoms with Gasteiger partial charge in [-0.2, -0.15) is 0 Å². The Kier molecular flexibility index (Phi) is 5.47. The van der Waals surface area contributed by atoms with Gasteiger partial charge in [0, 0.05) is 11.1 Å². The molecule has 0 aliphatic carbocycles. The summed E-state index contributed by atoms with van der Waals surface area (Å²) in [6.07, 6.45) is 0. The average Bonchev–Trinajstić information content (AvgIpc) is 2.55. The molecule has 0 radical (unpaired) electrons. The largest absolute Gasteiger partial charge is 0.394 e. The maximum atomic E-state index is 13.5. The lowest BCUT2D eigenvalue weighted by Crippen LogP contribution is -2.30. The van der Waals surface area contributed by atoms with Crippen molar-refractivity contribution >= 4 is 23.3 Å². The molecule has 1 amide bonds. The van der Waals surface area contributed by atoms with Gasteiger partial charge < -0.3 is 10.4 Å². The lowest BCUT2D eigenvalue weighted by atomic mass is 10.1. The van der Waals surface area contributed by atoms with Crippen molar-refractivity contribution in [3.05, 3.63) is 70.0 Å². The summed E-state index contributed by atoms with van der Waals surface area (Å²) in [6, 6.07) is 9.43. The number of aliphatic hydroxyl groups excluding tert-OH is 1. The number of aliphatic hydroxyl groups is 1. The van der Waals surface area contributed by atoms with E-state index in [4.69, 9.17) is 11.6 Å². The minimum atomic E-state index is -0.762. The molecular formula is C17H15ClFNO3. The SMILES string of the molecule is CC(=O)c1ccc(C(=O)N[C@H](CO)c2ccc(Cl)c(F)c2)cc1. The van der Waals surface area contributed by atoms with E-state index >= 15 is 0 Å². The predicted molar refractivity (Wildman–Crippen MR) is 85.1 cm³/mol. The minimum Gasteiger partial charge on any atom is -0.394 e. The fourth-order valence-electron chi connectivity index (χ4n) is 2.06. The highest BCUT2D eigenvalue weighted by molar-refractivity contribution is 6.30. The Bertz CT molecular complexity index is 731. The second kappa shape index (κ2) is 7.35. The average molecular weight is 336 g/mol. The zero-order chi connectivity index (χ0) is 17.0. The molecule has 2 rings (SSSR count). The van der Waals surface area contributed by atoms with E-state index in [2.05, 4.69) is 5.32 Å². The highest BCUT2D eigenvalue weighted by atomic mass is 35.5. The number of carbonyl (C=O) groups is 2. The van der Waals surface area contributed by atoms with Gasteiger partial charge in [0.25, 0.3) is 5.91 Å². The Morgan fingerprint density at radius 2 is 1.78 bits per heavy atom. The van der Waals surface area contributed by atoms with Crippen LogP contribution in [0.1, 0.15) is 39.2 Å². The molecular weight excluding hydrogens is 321 g/mol. The normalized spacial score (nSPS) is 11.8. The van der Waals surface area contributed by atoms with Crippen LogP contribution in [-0.4, -0.2) is 23.4 Å². The summed E-state index contributed by atoms with van der Waals surface area (Å²) in [6.45, 7) is 1.05. The maximum absolute atomic E-state index is 13.5. The van der Waals surface area contributed by atoms with Crippen molar-refractivity contribution in [2.45, 2.75) is 13.0 Å². The number of rotatable bonds is 5. The van der Waals surface area contributed by atoms with E-state index in [1.807, 2.05) is 0 Å². The Morgan fingerprint density at radius 1 is 1.17 bits per heavy atom. The molecule has 0 spiro atoms. The molecule has 120 valence electrons. The Morgan fingerprint density at radius 3 is 2.30 bits per heavy atom. The number of ketones is 1. The van der Waals surface area contributed by atoms with Gasteiger partial charge in [-0.25, -0.2) is 4.39 Å². The molecule has 0 fully saturated rings. The predicted octanol–water partition coefficient (Wildman–Crippen LogP) is 3.15. The molecule has 2 aromatic carbocycles. The topological polar surface area (TPSA) is 66.4 Å². The van der Waals surface area contributed by atoms with Crippen LogP contribution in [0, 0.1) is 5.82 Å². The Hall–Kier alpha value is -2.24. The first-order chi connectivity index (χ1) is 10.9. The van der Waals surface area contributed by atoms with E-state index in [0.717, 1.165) is 0 Å². The zero-order valence-corrected chi connectivity index (χ0v) is 13.1. The molecule has 23 heavy (non-hydrogen) atoms. The third-order valence-corrected chi connectivity index (χ3v) is 3.69. The van der Waals surface area contributed by atoms with E-state index < -0.39 is 24.4 Å². The van der Waals surface area contributed by atoms with E-state index in [1.165, 1.54) is 37.3 Å². The van der Waals surface area contributed by atoms with Gasteiger partial charge in [-0.15, -0.1) is 0 Å². The minimum absolute atomic E-state index is 0.0309. The summed E-state index contributed by atoms with van der Waals surface area (Å²) < 4.78 is 13.5. The van der Waals surface area contributed by atoms with Crippen LogP contribution in [0.3, 0.4) is 0 Å². The van der Waals surface area contributed by atoms with Gasteiger partial charge in [-0.05, 0) is 36.8 Å². The third kappa shape index (κ3) is 4.15. The molecule has 6 heteroatoms. The molecule has 0 aliphatic heterocycles. The molecule has 0 bridgehead atoms. The number of halogens is 2. The lowest BCUT2D eigenvalue weighted by Gasteiger charge is -2.17. The van der Waals surface area contributed by atoms with Crippen LogP contribution in [-0.2, 0) is 0 Å². The van der Waals surface area contributed by atoms with Gasteiger partial charge in [0.1, 0.15) is 5.82 Å². The smallest absolute Gasteiger partial charge is 0.251 e. The van der Waals surface area contributed by atoms with Gasteiger partial charge in [-0.3, -0.25) is 9.59 Å². The molecule has 0 aromatic heterocycles. The van der Waals surface area contributed by atoms with Crippen molar-refractivity contribution < 1.29 is 19.1 Å². The van der Waals surface area contributed by atoms with Crippen molar-refractivity contribution in [1.82, 2.24) is 5.32 Å². The number of benzene rings is 2. The molecule has 0 saturated heterocycles. The van der Waals surface area contributed by atoms with Crippen LogP contribution >= 0.6 is 11.6 Å². The summed E-state index contributed by atoms with van der Waals surface area (Å²) in [5.41, 5.74) is 1.24. The number of carbonyl (C=O) groups excluding carboxylic acids is 2. The molecule has 2 N–H and O–H groups in total. The number of nitrogens with one attached hydrogen (secondary N) is 1. The van der Waals surface area contributed by atoms with Gasteiger partial charge in [0.2, 0.25) is 0 Å². The summed E-state index contributed by atoms with van der Waals surface area (Å²) in [4.78, 5) is 23.4. The molecule has 0 unspecified atom stereocenters. The summed E-state index contributed by atoms with van der Waals surface area (Å²) >= 11 is 5.62. The standard InChI is InChI=1S/C17H15ClFNO3/c1-10(22)11-2-4-12(5-3-11)17(23)20-16(9-21)13-6-7-14(18)15(19)8-13/h2-8,16,21H,9H2,1H3,(H,20,23)/t16-/m1/s1. The van der Waals surface area contributed by atoms with Crippen molar-refractivity contribution in [1.29, 1.82) is 0 Å². The van der Waals surface area contributed by atoms with Crippen molar-refractivity contribution in [3.63, 3.8) is 0 Å². The fraction of sp³-hybridized carbons (Fsp3) is 0.176. The highest BCUT2D eigenvalue weighted by Crippen LogP contribution is 2.20. The van der Waals surface area contributed by atoms with Crippen LogP contribution in [0.4, 0.5) is 4.39 Å². The van der Waals surface area contributed by atoms with E-state index in [1.54, 1.807) is 12.1 Å². The Labute approximate surface area is 137 Å². The van der Waals surface area contributed by atoms with Gasteiger partial charge in [-0.1, -0.05) is 29.8 Å². The number of Topliss-reactive ketones (excluding diaryl/α,β-unsaturated/α-hetero) is 1. The molecule has 2 aromatic rings. The first kappa shape index (κ1) is 17.1. The number of hydrogen-bond donors (Lipinski definition) is 2. The molecule has 4 nitrogen and oxygen atoms in total. The monoisotopic (exact) mass is 335 g/mol. The van der Waals surface area contributed by atoms with Gasteiger partial charge in [0.05, 0.1) is 17.7 Å². The second-order valence-electron chi connectivity index (χ2n) is 5.02. The molecule has 0 aliphatic rings. The Balaban J connectivity index is 2.15. The van der Waals surface area contributed by atoms with Crippen molar-refractivity contribution in [2.75, 3.05) is 6.61 Å². The fourth-order valence-corrected chi connectivity index (χ4v) is 2.18. The summed E-state index contributed by atoms with van der Waals surface area (Å²) in [5.74, 6) is -1.15. The highest BCUT2D eigenvalue weighted by Gasteiger charge is 2.16. The molecule has 1 atom stereocenters. The van der Waals surface area contributed by atoms with E-state index in [0.29, 0.717) is 16.7 Å². The second-order valence-corrected chi connectivity index (χ2v) is 5.42. The summed E-state index contributed by atoms with van der Waals surface area (Å²) in [7, 11) is 0. The van der Waals surface area contributed by atoms with Crippen molar-refractivity contribution in [3.8, 4) is 0 Å². The van der Waals surface area contributed by atoms with Crippen LogP contribution in [0.2, 0.25) is 5.02 Å². The lowest BCUT2D eigenvalue weighted by molar-refractivity contribution is 0.0915. The van der Waals surface area contributed by atoms with Crippen molar-refractivity contribution in [2.24, 2.45) is 0 Å². The zero-order valence-electron chi connectivity index (χ0n) is 12.3. The van der Waals surface area contributed by atoms with Gasteiger partial charge in [0.15, 0.2) is 5.78 Å². The molecule has 0 saturated carbocycles. The quantitative estimate of drug-likeness (QED) is 0.825. The van der Waals surface area contributed by atoms with E-state index in [-0.39, 0.29) is 10.8 Å². The van der Waals surface area contributed by atoms with Crippen LogP contribution < -0.4 is 5.32 Å². The maximum Gasteiger partial charge on any atom is 0.251 e. The van der Waals surface area contributed by atoms with Crippen LogP contribution in [0.5, 0.6) is 0 Å². The number of amides is 1. The summed E-state index contributed by atoms with van der Waals surface area (Å²) in [5, 5.41) is 12.0. The van der Waals surface area contributed by atoms with Gasteiger partial charge >= 0.3 is 0 Å². The third-order valence-electron chi connectivity index (χ3n) is 3.39.